The van der Waals surface area contributed by atoms with E-state index < -0.39 is 6.10 Å². The lowest BCUT2D eigenvalue weighted by atomic mass is 10.2. The zero-order valence-corrected chi connectivity index (χ0v) is 10.7. The summed E-state index contributed by atoms with van der Waals surface area (Å²) in [6.07, 6.45) is 2.89. The lowest BCUT2D eigenvalue weighted by molar-refractivity contribution is 0.203. The number of halogens is 1. The van der Waals surface area contributed by atoms with Gasteiger partial charge in [-0.15, -0.1) is 11.8 Å². The SMILES string of the molecule is OC(CSc1ccc(Cl)cc1)c1cccnc1. The molecule has 88 valence electrons. The Bertz CT molecular complexity index is 461. The number of hydrogen-bond donors (Lipinski definition) is 1. The molecule has 0 spiro atoms. The first-order chi connectivity index (χ1) is 8.25. The second-order valence-electron chi connectivity index (χ2n) is 3.57. The molecule has 2 nitrogen and oxygen atoms in total. The van der Waals surface area contributed by atoms with Crippen LogP contribution in [-0.4, -0.2) is 15.8 Å². The van der Waals surface area contributed by atoms with Gasteiger partial charge in [0.05, 0.1) is 6.10 Å². The molecule has 1 N–H and O–H groups in total. The van der Waals surface area contributed by atoms with Gasteiger partial charge in [-0.25, -0.2) is 0 Å². The van der Waals surface area contributed by atoms with Crippen LogP contribution in [-0.2, 0) is 0 Å². The first kappa shape index (κ1) is 12.4. The maximum atomic E-state index is 9.95. The Morgan fingerprint density at radius 2 is 2.00 bits per heavy atom. The lowest BCUT2D eigenvalue weighted by Gasteiger charge is -2.09. The Labute approximate surface area is 110 Å². The van der Waals surface area contributed by atoms with E-state index in [1.807, 2.05) is 36.4 Å². The summed E-state index contributed by atoms with van der Waals surface area (Å²) in [6.45, 7) is 0. The number of thioether (sulfide) groups is 1. The predicted octanol–water partition coefficient (Wildman–Crippen LogP) is 3.56. The summed E-state index contributed by atoms with van der Waals surface area (Å²) in [5, 5.41) is 10.7. The molecule has 0 bridgehead atoms. The molecule has 0 fully saturated rings. The Morgan fingerprint density at radius 1 is 1.24 bits per heavy atom. The zero-order chi connectivity index (χ0) is 12.1. The van der Waals surface area contributed by atoms with Crippen LogP contribution < -0.4 is 0 Å². The van der Waals surface area contributed by atoms with Crippen molar-refractivity contribution in [3.63, 3.8) is 0 Å². The summed E-state index contributed by atoms with van der Waals surface area (Å²) >= 11 is 7.40. The minimum atomic E-state index is -0.496. The molecule has 0 aliphatic rings. The van der Waals surface area contributed by atoms with Crippen molar-refractivity contribution < 1.29 is 5.11 Å². The van der Waals surface area contributed by atoms with Gasteiger partial charge in [0.25, 0.3) is 0 Å². The highest BCUT2D eigenvalue weighted by Gasteiger charge is 2.07. The number of hydrogen-bond acceptors (Lipinski definition) is 3. The van der Waals surface area contributed by atoms with Gasteiger partial charge in [-0.05, 0) is 35.9 Å². The van der Waals surface area contributed by atoms with Crippen LogP contribution in [0.4, 0.5) is 0 Å². The molecular formula is C13H12ClNOS. The molecule has 0 amide bonds. The van der Waals surface area contributed by atoms with Crippen LogP contribution in [0.5, 0.6) is 0 Å². The molecular weight excluding hydrogens is 254 g/mol. The summed E-state index contributed by atoms with van der Waals surface area (Å²) < 4.78 is 0. The number of aliphatic hydroxyl groups excluding tert-OH is 1. The van der Waals surface area contributed by atoms with Crippen molar-refractivity contribution >= 4 is 23.4 Å². The van der Waals surface area contributed by atoms with Crippen molar-refractivity contribution in [2.75, 3.05) is 5.75 Å². The Kier molecular flexibility index (Phi) is 4.42. The first-order valence-corrected chi connectivity index (χ1v) is 6.58. The number of nitrogens with zero attached hydrogens (tertiary/aromatic N) is 1. The zero-order valence-electron chi connectivity index (χ0n) is 9.08. The summed E-state index contributed by atoms with van der Waals surface area (Å²) in [7, 11) is 0. The second-order valence-corrected chi connectivity index (χ2v) is 5.10. The smallest absolute Gasteiger partial charge is 0.0898 e. The summed E-state index contributed by atoms with van der Waals surface area (Å²) in [6, 6.07) is 11.3. The van der Waals surface area contributed by atoms with Gasteiger partial charge in [-0.3, -0.25) is 4.98 Å². The fraction of sp³-hybridized carbons (Fsp3) is 0.154. The van der Waals surface area contributed by atoms with Crippen molar-refractivity contribution in [2.45, 2.75) is 11.0 Å². The van der Waals surface area contributed by atoms with Gasteiger partial charge >= 0.3 is 0 Å². The van der Waals surface area contributed by atoms with E-state index in [2.05, 4.69) is 4.98 Å². The normalized spacial score (nSPS) is 12.4. The van der Waals surface area contributed by atoms with Crippen molar-refractivity contribution in [2.24, 2.45) is 0 Å². The maximum Gasteiger partial charge on any atom is 0.0898 e. The van der Waals surface area contributed by atoms with Crippen molar-refractivity contribution in [3.05, 3.63) is 59.4 Å². The van der Waals surface area contributed by atoms with Crippen molar-refractivity contribution in [1.82, 2.24) is 4.98 Å². The minimum absolute atomic E-state index is 0.496. The summed E-state index contributed by atoms with van der Waals surface area (Å²) in [5.41, 5.74) is 0.842. The highest BCUT2D eigenvalue weighted by atomic mass is 35.5. The van der Waals surface area contributed by atoms with Gasteiger partial charge in [0, 0.05) is 28.1 Å². The average Bonchev–Trinajstić information content (AvgIpc) is 2.39. The number of pyridine rings is 1. The van der Waals surface area contributed by atoms with Crippen LogP contribution in [0.25, 0.3) is 0 Å². The molecule has 0 aliphatic heterocycles. The van der Waals surface area contributed by atoms with E-state index in [1.165, 1.54) is 0 Å². The molecule has 1 aromatic carbocycles. The summed E-state index contributed by atoms with van der Waals surface area (Å²) in [5.74, 6) is 0.604. The van der Waals surface area contributed by atoms with Gasteiger partial charge in [0.1, 0.15) is 0 Å². The standard InChI is InChI=1S/C13H12ClNOS/c14-11-3-5-12(6-4-11)17-9-13(16)10-2-1-7-15-8-10/h1-8,13,16H,9H2. The van der Waals surface area contributed by atoms with Crippen LogP contribution in [0.3, 0.4) is 0 Å². The third kappa shape index (κ3) is 3.73. The quantitative estimate of drug-likeness (QED) is 0.858. The highest BCUT2D eigenvalue weighted by molar-refractivity contribution is 7.99. The van der Waals surface area contributed by atoms with Crippen LogP contribution in [0.1, 0.15) is 11.7 Å². The number of aliphatic hydroxyl groups is 1. The van der Waals surface area contributed by atoms with Crippen LogP contribution >= 0.6 is 23.4 Å². The average molecular weight is 266 g/mol. The van der Waals surface area contributed by atoms with E-state index in [0.717, 1.165) is 15.5 Å². The molecule has 1 unspecified atom stereocenters. The highest BCUT2D eigenvalue weighted by Crippen LogP contribution is 2.25. The van der Waals surface area contributed by atoms with E-state index >= 15 is 0 Å². The number of aromatic nitrogens is 1. The topological polar surface area (TPSA) is 33.1 Å². The molecule has 1 heterocycles. The van der Waals surface area contributed by atoms with E-state index in [-0.39, 0.29) is 0 Å². The lowest BCUT2D eigenvalue weighted by Crippen LogP contribution is -2.00. The third-order valence-electron chi connectivity index (χ3n) is 2.29. The fourth-order valence-corrected chi connectivity index (χ4v) is 2.37. The van der Waals surface area contributed by atoms with Crippen LogP contribution in [0.15, 0.2) is 53.7 Å². The van der Waals surface area contributed by atoms with Gasteiger partial charge in [-0.1, -0.05) is 17.7 Å². The predicted molar refractivity (Wildman–Crippen MR) is 71.4 cm³/mol. The molecule has 1 atom stereocenters. The van der Waals surface area contributed by atoms with Gasteiger partial charge in [0.15, 0.2) is 0 Å². The largest absolute Gasteiger partial charge is 0.387 e. The molecule has 17 heavy (non-hydrogen) atoms. The van der Waals surface area contributed by atoms with Crippen LogP contribution in [0, 0.1) is 0 Å². The molecule has 2 aromatic rings. The molecule has 0 saturated carbocycles. The molecule has 0 aliphatic carbocycles. The van der Waals surface area contributed by atoms with E-state index in [0.29, 0.717) is 5.75 Å². The Hall–Kier alpha value is -1.03. The molecule has 2 rings (SSSR count). The van der Waals surface area contributed by atoms with E-state index in [4.69, 9.17) is 11.6 Å². The van der Waals surface area contributed by atoms with Crippen molar-refractivity contribution in [1.29, 1.82) is 0 Å². The van der Waals surface area contributed by atoms with Crippen LogP contribution in [0.2, 0.25) is 5.02 Å². The van der Waals surface area contributed by atoms with Gasteiger partial charge in [-0.2, -0.15) is 0 Å². The monoisotopic (exact) mass is 265 g/mol. The maximum absolute atomic E-state index is 9.95. The van der Waals surface area contributed by atoms with Gasteiger partial charge < -0.3 is 5.11 Å². The number of benzene rings is 1. The van der Waals surface area contributed by atoms with E-state index in [9.17, 15) is 5.11 Å². The molecule has 0 saturated heterocycles. The van der Waals surface area contributed by atoms with Gasteiger partial charge in [0.2, 0.25) is 0 Å². The Morgan fingerprint density at radius 3 is 2.65 bits per heavy atom. The second kappa shape index (κ2) is 6.05. The molecule has 1 aromatic heterocycles. The molecule has 4 heteroatoms. The Balaban J connectivity index is 1.92. The number of rotatable bonds is 4. The summed E-state index contributed by atoms with van der Waals surface area (Å²) in [4.78, 5) is 5.08. The first-order valence-electron chi connectivity index (χ1n) is 5.22. The minimum Gasteiger partial charge on any atom is -0.387 e. The molecule has 0 radical (unpaired) electrons. The van der Waals surface area contributed by atoms with Crippen molar-refractivity contribution in [3.8, 4) is 0 Å². The van der Waals surface area contributed by atoms with E-state index in [1.54, 1.807) is 24.2 Å². The third-order valence-corrected chi connectivity index (χ3v) is 3.63. The fourth-order valence-electron chi connectivity index (χ4n) is 1.38.